The maximum Gasteiger partial charge on any atom is 0.290 e. The Kier molecular flexibility index (Phi) is 8.68. The van der Waals surface area contributed by atoms with Gasteiger partial charge in [-0.05, 0) is 30.9 Å². The molecule has 1 aliphatic heterocycles. The van der Waals surface area contributed by atoms with Crippen LogP contribution in [0.15, 0.2) is 11.0 Å². The molecule has 2 heterocycles. The van der Waals surface area contributed by atoms with E-state index >= 15 is 0 Å². The molecule has 0 aliphatic carbocycles. The molecule has 28 heavy (non-hydrogen) atoms. The van der Waals surface area contributed by atoms with Gasteiger partial charge < -0.3 is 19.3 Å². The van der Waals surface area contributed by atoms with E-state index in [0.29, 0.717) is 35.6 Å². The smallest absolute Gasteiger partial charge is 0.290 e. The molecular formula is C18H27N5O4S. The van der Waals surface area contributed by atoms with Gasteiger partial charge in [-0.2, -0.15) is 4.98 Å². The van der Waals surface area contributed by atoms with E-state index in [2.05, 4.69) is 34.0 Å². The summed E-state index contributed by atoms with van der Waals surface area (Å²) >= 11 is 0.850. The van der Waals surface area contributed by atoms with Crippen LogP contribution in [0.4, 0.5) is 10.7 Å². The number of carbonyl (C=O) groups is 2. The van der Waals surface area contributed by atoms with Gasteiger partial charge in [0, 0.05) is 33.3 Å². The fraction of sp³-hybridized carbons (Fsp3) is 0.556. The SMILES string of the molecule is CCN(CC)CCN(C)c1nc(C=C2SC(=O)NC2=O)cc(OCCOC)n1. The first-order valence-electron chi connectivity index (χ1n) is 9.16. The van der Waals surface area contributed by atoms with Gasteiger partial charge in [-0.1, -0.05) is 13.8 Å². The van der Waals surface area contributed by atoms with Crippen molar-refractivity contribution in [3.63, 3.8) is 0 Å². The lowest BCUT2D eigenvalue weighted by atomic mass is 10.3. The van der Waals surface area contributed by atoms with Crippen molar-refractivity contribution in [2.24, 2.45) is 0 Å². The van der Waals surface area contributed by atoms with Crippen LogP contribution in [0.5, 0.6) is 5.88 Å². The minimum absolute atomic E-state index is 0.295. The Bertz CT molecular complexity index is 724. The summed E-state index contributed by atoms with van der Waals surface area (Å²) in [6.07, 6.45) is 1.57. The first-order valence-corrected chi connectivity index (χ1v) is 9.97. The number of imide groups is 1. The third-order valence-corrected chi connectivity index (χ3v) is 4.97. The second kappa shape index (κ2) is 11.0. The van der Waals surface area contributed by atoms with E-state index in [4.69, 9.17) is 9.47 Å². The van der Waals surface area contributed by atoms with Crippen LogP contribution < -0.4 is 15.0 Å². The quantitative estimate of drug-likeness (QED) is 0.432. The van der Waals surface area contributed by atoms with Gasteiger partial charge in [0.1, 0.15) is 6.61 Å². The summed E-state index contributed by atoms with van der Waals surface area (Å²) in [6.45, 7) is 8.60. The highest BCUT2D eigenvalue weighted by atomic mass is 32.2. The van der Waals surface area contributed by atoms with Crippen LogP contribution in [0.2, 0.25) is 0 Å². The topological polar surface area (TPSA) is 96.9 Å². The van der Waals surface area contributed by atoms with Gasteiger partial charge in [0.2, 0.25) is 11.8 Å². The van der Waals surface area contributed by atoms with Crippen LogP contribution in [0.1, 0.15) is 19.5 Å². The van der Waals surface area contributed by atoms with E-state index < -0.39 is 11.1 Å². The lowest BCUT2D eigenvalue weighted by molar-refractivity contribution is -0.115. The lowest BCUT2D eigenvalue weighted by Gasteiger charge is -2.23. The predicted octanol–water partition coefficient (Wildman–Crippen LogP) is 1.60. The predicted molar refractivity (Wildman–Crippen MR) is 110 cm³/mol. The van der Waals surface area contributed by atoms with E-state index in [9.17, 15) is 9.59 Å². The number of ether oxygens (including phenoxy) is 2. The molecule has 0 atom stereocenters. The van der Waals surface area contributed by atoms with Crippen molar-refractivity contribution in [2.75, 3.05) is 58.5 Å². The van der Waals surface area contributed by atoms with Crippen molar-refractivity contribution in [2.45, 2.75) is 13.8 Å². The van der Waals surface area contributed by atoms with E-state index in [1.165, 1.54) is 0 Å². The normalized spacial score (nSPS) is 15.4. The Morgan fingerprint density at radius 2 is 1.93 bits per heavy atom. The molecule has 0 unspecified atom stereocenters. The minimum atomic E-state index is -0.424. The molecular weight excluding hydrogens is 382 g/mol. The van der Waals surface area contributed by atoms with Gasteiger partial charge in [0.25, 0.3) is 11.1 Å². The maximum atomic E-state index is 11.8. The molecule has 0 radical (unpaired) electrons. The molecule has 9 nitrogen and oxygen atoms in total. The molecule has 2 amide bonds. The van der Waals surface area contributed by atoms with Gasteiger partial charge in [-0.15, -0.1) is 0 Å². The molecule has 1 fully saturated rings. The molecule has 1 saturated heterocycles. The van der Waals surface area contributed by atoms with E-state index in [1.807, 2.05) is 11.9 Å². The molecule has 154 valence electrons. The van der Waals surface area contributed by atoms with Crippen molar-refractivity contribution in [1.29, 1.82) is 0 Å². The number of hydrogen-bond acceptors (Lipinski definition) is 9. The number of thioether (sulfide) groups is 1. The summed E-state index contributed by atoms with van der Waals surface area (Å²) in [7, 11) is 3.51. The summed E-state index contributed by atoms with van der Waals surface area (Å²) in [5, 5.41) is 1.85. The molecule has 1 N–H and O–H groups in total. The number of aromatic nitrogens is 2. The molecule has 0 saturated carbocycles. The number of nitrogens with one attached hydrogen (secondary N) is 1. The lowest BCUT2D eigenvalue weighted by Crippen LogP contribution is -2.33. The third kappa shape index (κ3) is 6.47. The zero-order valence-electron chi connectivity index (χ0n) is 16.7. The summed E-state index contributed by atoms with van der Waals surface area (Å²) < 4.78 is 10.6. The zero-order valence-corrected chi connectivity index (χ0v) is 17.5. The van der Waals surface area contributed by atoms with Crippen molar-refractivity contribution in [3.8, 4) is 5.88 Å². The largest absolute Gasteiger partial charge is 0.475 e. The highest BCUT2D eigenvalue weighted by molar-refractivity contribution is 8.18. The van der Waals surface area contributed by atoms with Crippen molar-refractivity contribution < 1.29 is 19.1 Å². The molecule has 1 aliphatic rings. The van der Waals surface area contributed by atoms with Crippen LogP contribution in [-0.2, 0) is 9.53 Å². The Labute approximate surface area is 169 Å². The summed E-state index contributed by atoms with van der Waals surface area (Å²) in [5.74, 6) is 0.453. The first-order chi connectivity index (χ1) is 13.5. The summed E-state index contributed by atoms with van der Waals surface area (Å²) in [6, 6.07) is 1.64. The number of carbonyl (C=O) groups excluding carboxylic acids is 2. The number of likely N-dealkylation sites (N-methyl/N-ethyl adjacent to an activating group) is 2. The second-order valence-electron chi connectivity index (χ2n) is 6.07. The van der Waals surface area contributed by atoms with Crippen molar-refractivity contribution in [3.05, 3.63) is 16.7 Å². The third-order valence-electron chi connectivity index (χ3n) is 4.16. The molecule has 0 bridgehead atoms. The zero-order chi connectivity index (χ0) is 20.5. The Morgan fingerprint density at radius 3 is 2.54 bits per heavy atom. The van der Waals surface area contributed by atoms with E-state index in [0.717, 1.165) is 37.9 Å². The number of hydrogen-bond donors (Lipinski definition) is 1. The molecule has 0 aromatic carbocycles. The molecule has 2 rings (SSSR count). The van der Waals surface area contributed by atoms with Gasteiger partial charge in [-0.3, -0.25) is 14.9 Å². The summed E-state index contributed by atoms with van der Waals surface area (Å²) in [4.78, 5) is 36.7. The van der Waals surface area contributed by atoms with Gasteiger partial charge in [0.15, 0.2) is 0 Å². The second-order valence-corrected chi connectivity index (χ2v) is 7.09. The summed E-state index contributed by atoms with van der Waals surface area (Å²) in [5.41, 5.74) is 0.499. The van der Waals surface area contributed by atoms with Crippen LogP contribution >= 0.6 is 11.8 Å². The van der Waals surface area contributed by atoms with Crippen LogP contribution in [0, 0.1) is 0 Å². The molecule has 0 spiro atoms. The number of amides is 2. The minimum Gasteiger partial charge on any atom is -0.475 e. The first kappa shape index (κ1) is 22.1. The monoisotopic (exact) mass is 409 g/mol. The van der Waals surface area contributed by atoms with Crippen LogP contribution in [0.25, 0.3) is 6.08 Å². The number of rotatable bonds is 11. The van der Waals surface area contributed by atoms with Crippen LogP contribution in [-0.4, -0.2) is 79.6 Å². The number of nitrogens with zero attached hydrogens (tertiary/aromatic N) is 4. The Morgan fingerprint density at radius 1 is 1.18 bits per heavy atom. The average molecular weight is 410 g/mol. The van der Waals surface area contributed by atoms with Crippen molar-refractivity contribution >= 4 is 34.9 Å². The fourth-order valence-electron chi connectivity index (χ4n) is 2.46. The maximum absolute atomic E-state index is 11.8. The Balaban J connectivity index is 2.22. The number of methoxy groups -OCH3 is 1. The standard InChI is InChI=1S/C18H27N5O4S/c1-5-23(6-2)8-7-22(3)17-19-13(11-14-16(24)21-18(25)28-14)12-15(20-17)27-10-9-26-4/h11-12H,5-10H2,1-4H3,(H,21,24,25). The van der Waals surface area contributed by atoms with Gasteiger partial charge in [0.05, 0.1) is 17.2 Å². The highest BCUT2D eigenvalue weighted by Crippen LogP contribution is 2.26. The van der Waals surface area contributed by atoms with Gasteiger partial charge in [-0.25, -0.2) is 4.98 Å². The van der Waals surface area contributed by atoms with E-state index in [-0.39, 0.29) is 0 Å². The molecule has 1 aromatic rings. The average Bonchev–Trinajstić information content (AvgIpc) is 2.99. The van der Waals surface area contributed by atoms with Crippen molar-refractivity contribution in [1.82, 2.24) is 20.2 Å². The fourth-order valence-corrected chi connectivity index (χ4v) is 3.13. The molecule has 10 heteroatoms. The van der Waals surface area contributed by atoms with Crippen LogP contribution in [0.3, 0.4) is 0 Å². The van der Waals surface area contributed by atoms with E-state index in [1.54, 1.807) is 19.3 Å². The van der Waals surface area contributed by atoms with Gasteiger partial charge >= 0.3 is 0 Å². The highest BCUT2D eigenvalue weighted by Gasteiger charge is 2.25. The molecule has 1 aromatic heterocycles. The number of anilines is 1. The Hall–Kier alpha value is -2.17.